The van der Waals surface area contributed by atoms with Crippen LogP contribution in [0, 0.1) is 0 Å². The molecule has 0 aliphatic carbocycles. The molecule has 1 aromatic rings. The molecule has 0 heterocycles. The predicted octanol–water partition coefficient (Wildman–Crippen LogP) is 2.84. The maximum Gasteiger partial charge on any atom is 0.522 e. The van der Waals surface area contributed by atoms with Crippen molar-refractivity contribution in [2.75, 3.05) is 18.9 Å². The molecule has 7 heteroatoms. The molecule has 0 saturated carbocycles. The van der Waals surface area contributed by atoms with E-state index in [1.165, 1.54) is 18.2 Å². The van der Waals surface area contributed by atoms with Gasteiger partial charge in [0.25, 0.3) is 0 Å². The summed E-state index contributed by atoms with van der Waals surface area (Å²) < 4.78 is 43.2. The van der Waals surface area contributed by atoms with Gasteiger partial charge in [-0.05, 0) is 12.1 Å². The molecule has 16 heavy (non-hydrogen) atoms. The highest BCUT2D eigenvalue weighted by Gasteiger charge is 2.28. The van der Waals surface area contributed by atoms with Crippen LogP contribution in [-0.2, 0) is 4.74 Å². The fraction of sp³-hybridized carbons (Fsp3) is 0.333. The van der Waals surface area contributed by atoms with Gasteiger partial charge in [0.05, 0.1) is 17.3 Å². The van der Waals surface area contributed by atoms with Crippen molar-refractivity contribution in [3.05, 3.63) is 23.2 Å². The van der Waals surface area contributed by atoms with Crippen LogP contribution in [0.25, 0.3) is 0 Å². The Kier molecular flexibility index (Phi) is 4.26. The van der Waals surface area contributed by atoms with Crippen molar-refractivity contribution in [1.82, 2.24) is 0 Å². The van der Waals surface area contributed by atoms with Gasteiger partial charge in [-0.25, -0.2) is 0 Å². The van der Waals surface area contributed by atoms with Crippen LogP contribution in [0.2, 0.25) is 5.02 Å². The summed E-state index contributed by atoms with van der Waals surface area (Å²) in [5.41, 5.74) is 5.82. The zero-order valence-corrected chi connectivity index (χ0v) is 8.81. The van der Waals surface area contributed by atoms with E-state index in [2.05, 4.69) is 4.74 Å². The zero-order valence-electron chi connectivity index (χ0n) is 8.05. The third kappa shape index (κ3) is 4.59. The molecule has 0 saturated heterocycles. The summed E-state index contributed by atoms with van der Waals surface area (Å²) in [6.07, 6.45) is -4.64. The summed E-state index contributed by atoms with van der Waals surface area (Å²) >= 11 is 5.68. The maximum atomic E-state index is 11.6. The number of hydrogen-bond acceptors (Lipinski definition) is 3. The molecule has 0 amide bonds. The van der Waals surface area contributed by atoms with Gasteiger partial charge in [0.1, 0.15) is 12.4 Å². The summed E-state index contributed by atoms with van der Waals surface area (Å²) in [6, 6.07) is 4.43. The quantitative estimate of drug-likeness (QED) is 0.665. The van der Waals surface area contributed by atoms with Crippen molar-refractivity contribution < 1.29 is 22.6 Å². The molecule has 0 spiro atoms. The highest BCUT2D eigenvalue weighted by molar-refractivity contribution is 6.33. The molecule has 0 aliphatic heterocycles. The van der Waals surface area contributed by atoms with E-state index in [0.29, 0.717) is 11.4 Å². The van der Waals surface area contributed by atoms with E-state index in [0.717, 1.165) is 0 Å². The molecule has 2 N–H and O–H groups in total. The summed E-state index contributed by atoms with van der Waals surface area (Å²) in [7, 11) is 0. The molecule has 0 atom stereocenters. The van der Waals surface area contributed by atoms with E-state index in [4.69, 9.17) is 22.1 Å². The van der Waals surface area contributed by atoms with Gasteiger partial charge < -0.3 is 10.5 Å². The lowest BCUT2D eigenvalue weighted by Crippen LogP contribution is -2.18. The molecular formula is C9H9ClF3NO2. The lowest BCUT2D eigenvalue weighted by Gasteiger charge is -2.09. The van der Waals surface area contributed by atoms with Gasteiger partial charge >= 0.3 is 6.36 Å². The van der Waals surface area contributed by atoms with Crippen LogP contribution in [0.1, 0.15) is 0 Å². The first-order valence-corrected chi connectivity index (χ1v) is 4.65. The molecule has 0 bridgehead atoms. The summed E-state index contributed by atoms with van der Waals surface area (Å²) in [5.74, 6) is 0.338. The van der Waals surface area contributed by atoms with Crippen molar-refractivity contribution in [2.45, 2.75) is 6.36 Å². The number of nitrogen functional groups attached to an aromatic ring is 1. The summed E-state index contributed by atoms with van der Waals surface area (Å²) in [4.78, 5) is 0. The van der Waals surface area contributed by atoms with Gasteiger partial charge in [-0.3, -0.25) is 4.74 Å². The van der Waals surface area contributed by atoms with E-state index in [-0.39, 0.29) is 11.6 Å². The number of benzene rings is 1. The number of halogens is 4. The van der Waals surface area contributed by atoms with E-state index in [1.54, 1.807) is 0 Å². The lowest BCUT2D eigenvalue weighted by atomic mass is 10.3. The molecular weight excluding hydrogens is 247 g/mol. The van der Waals surface area contributed by atoms with Crippen molar-refractivity contribution in [3.63, 3.8) is 0 Å². The minimum Gasteiger partial charge on any atom is -0.491 e. The molecule has 1 aromatic carbocycles. The second-order valence-electron chi connectivity index (χ2n) is 2.83. The number of hydrogen-bond donors (Lipinski definition) is 1. The number of ether oxygens (including phenoxy) is 2. The maximum absolute atomic E-state index is 11.6. The van der Waals surface area contributed by atoms with Crippen LogP contribution < -0.4 is 10.5 Å². The minimum atomic E-state index is -4.64. The molecule has 0 unspecified atom stereocenters. The Balaban J connectivity index is 2.35. The highest BCUT2D eigenvalue weighted by Crippen LogP contribution is 2.24. The highest BCUT2D eigenvalue weighted by atomic mass is 35.5. The van der Waals surface area contributed by atoms with Crippen molar-refractivity contribution in [2.24, 2.45) is 0 Å². The standard InChI is InChI=1S/C9H9ClF3NO2/c10-7-5-6(1-2-8(7)14)15-3-4-16-9(11,12)13/h1-2,5H,3-4,14H2. The number of nitrogens with two attached hydrogens (primary N) is 1. The SMILES string of the molecule is Nc1ccc(OCCOC(F)(F)F)cc1Cl. The Morgan fingerprint density at radius 2 is 1.94 bits per heavy atom. The third-order valence-corrected chi connectivity index (χ3v) is 1.92. The first kappa shape index (κ1) is 12.9. The molecule has 3 nitrogen and oxygen atoms in total. The van der Waals surface area contributed by atoms with Crippen LogP contribution in [0.5, 0.6) is 5.75 Å². The van der Waals surface area contributed by atoms with Crippen LogP contribution >= 0.6 is 11.6 Å². The van der Waals surface area contributed by atoms with Crippen LogP contribution in [0.3, 0.4) is 0 Å². The number of anilines is 1. The van der Waals surface area contributed by atoms with Crippen LogP contribution in [-0.4, -0.2) is 19.6 Å². The van der Waals surface area contributed by atoms with Gasteiger partial charge in [0.2, 0.25) is 0 Å². The molecule has 0 aliphatic rings. The average Bonchev–Trinajstić information content (AvgIpc) is 2.17. The first-order valence-electron chi connectivity index (χ1n) is 4.27. The second-order valence-corrected chi connectivity index (χ2v) is 3.23. The van der Waals surface area contributed by atoms with Crippen LogP contribution in [0.15, 0.2) is 18.2 Å². The third-order valence-electron chi connectivity index (χ3n) is 1.59. The zero-order chi connectivity index (χ0) is 12.2. The first-order chi connectivity index (χ1) is 7.38. The Morgan fingerprint density at radius 3 is 2.50 bits per heavy atom. The lowest BCUT2D eigenvalue weighted by molar-refractivity contribution is -0.325. The average molecular weight is 256 g/mol. The van der Waals surface area contributed by atoms with Gasteiger partial charge in [-0.2, -0.15) is 0 Å². The van der Waals surface area contributed by atoms with Crippen molar-refractivity contribution in [1.29, 1.82) is 0 Å². The molecule has 0 fully saturated rings. The van der Waals surface area contributed by atoms with E-state index < -0.39 is 13.0 Å². The molecule has 0 aromatic heterocycles. The van der Waals surface area contributed by atoms with Gasteiger partial charge in [0.15, 0.2) is 0 Å². The molecule has 0 radical (unpaired) electrons. The van der Waals surface area contributed by atoms with Gasteiger partial charge in [0, 0.05) is 6.07 Å². The monoisotopic (exact) mass is 255 g/mol. The van der Waals surface area contributed by atoms with E-state index in [1.807, 2.05) is 0 Å². The van der Waals surface area contributed by atoms with Crippen molar-refractivity contribution >= 4 is 17.3 Å². The second kappa shape index (κ2) is 5.27. The predicted molar refractivity (Wildman–Crippen MR) is 53.4 cm³/mol. The van der Waals surface area contributed by atoms with E-state index >= 15 is 0 Å². The topological polar surface area (TPSA) is 44.5 Å². The Labute approximate surface area is 94.9 Å². The molecule has 90 valence electrons. The van der Waals surface area contributed by atoms with Crippen molar-refractivity contribution in [3.8, 4) is 5.75 Å². The molecule has 1 rings (SSSR count). The smallest absolute Gasteiger partial charge is 0.491 e. The van der Waals surface area contributed by atoms with E-state index in [9.17, 15) is 13.2 Å². The Hall–Kier alpha value is -1.14. The largest absolute Gasteiger partial charge is 0.522 e. The summed E-state index contributed by atoms with van der Waals surface area (Å²) in [6.45, 7) is -0.800. The normalized spacial score (nSPS) is 11.5. The number of rotatable bonds is 4. The van der Waals surface area contributed by atoms with Crippen LogP contribution in [0.4, 0.5) is 18.9 Å². The number of alkyl halides is 3. The Morgan fingerprint density at radius 1 is 1.25 bits per heavy atom. The minimum absolute atomic E-state index is 0.222. The Bertz CT molecular complexity index is 357. The fourth-order valence-electron chi connectivity index (χ4n) is 0.915. The summed E-state index contributed by atoms with van der Waals surface area (Å²) in [5, 5.41) is 0.286. The van der Waals surface area contributed by atoms with Gasteiger partial charge in [-0.1, -0.05) is 11.6 Å². The fourth-order valence-corrected chi connectivity index (χ4v) is 1.09. The van der Waals surface area contributed by atoms with Gasteiger partial charge in [-0.15, -0.1) is 13.2 Å².